The molecule has 0 unspecified atom stereocenters. The number of benzene rings is 10. The van der Waals surface area contributed by atoms with E-state index in [1.54, 1.807) is 0 Å². The van der Waals surface area contributed by atoms with Crippen LogP contribution >= 0.6 is 0 Å². The first kappa shape index (κ1) is 48.9. The second-order valence-electron chi connectivity index (χ2n) is 20.7. The van der Waals surface area contributed by atoms with Gasteiger partial charge in [0.25, 0.3) is 0 Å². The molecule has 384 valence electrons. The third-order valence-electron chi connectivity index (χ3n) is 15.5. The van der Waals surface area contributed by atoms with Crippen LogP contribution in [0.4, 0.5) is 0 Å². The smallest absolute Gasteiger partial charge is 0.164 e. The molecule has 81 heavy (non-hydrogen) atoms. The fraction of sp³-hybridized carbons (Fsp3) is 0.0533. The summed E-state index contributed by atoms with van der Waals surface area (Å²) >= 11 is 0. The lowest BCUT2D eigenvalue weighted by Crippen LogP contribution is -2.06. The van der Waals surface area contributed by atoms with Crippen LogP contribution in [0, 0.1) is 0 Å². The Hall–Kier alpha value is -10.4. The molecule has 6 nitrogen and oxygen atoms in total. The summed E-state index contributed by atoms with van der Waals surface area (Å²) in [6.07, 6.45) is 10.9. The first-order valence-electron chi connectivity index (χ1n) is 27.8. The summed E-state index contributed by atoms with van der Waals surface area (Å²) in [6, 6.07) is 92.2. The fourth-order valence-electron chi connectivity index (χ4n) is 11.5. The van der Waals surface area contributed by atoms with Gasteiger partial charge in [-0.1, -0.05) is 231 Å². The van der Waals surface area contributed by atoms with Crippen molar-refractivity contribution in [3.8, 4) is 101 Å². The fourth-order valence-corrected chi connectivity index (χ4v) is 11.5. The van der Waals surface area contributed by atoms with Crippen molar-refractivity contribution < 1.29 is 0 Å². The molecule has 0 N–H and O–H groups in total. The maximum Gasteiger partial charge on any atom is 0.164 e. The van der Waals surface area contributed by atoms with Crippen molar-refractivity contribution in [3.05, 3.63) is 297 Å². The highest BCUT2D eigenvalue weighted by atomic mass is 15.0. The molecule has 0 radical (unpaired) electrons. The summed E-state index contributed by atoms with van der Waals surface area (Å²) < 4.78 is 2.41. The number of hydrogen-bond donors (Lipinski definition) is 0. The van der Waals surface area contributed by atoms with Crippen LogP contribution < -0.4 is 0 Å². The van der Waals surface area contributed by atoms with Gasteiger partial charge in [0, 0.05) is 44.1 Å². The summed E-state index contributed by atoms with van der Waals surface area (Å²) in [5, 5.41) is 2.38. The summed E-state index contributed by atoms with van der Waals surface area (Å²) in [6.45, 7) is 0.474. The number of fused-ring (bicyclic) bond motifs is 3. The van der Waals surface area contributed by atoms with Gasteiger partial charge in [-0.3, -0.25) is 0 Å². The summed E-state index contributed by atoms with van der Waals surface area (Å²) in [5.41, 5.74) is 19.2. The van der Waals surface area contributed by atoms with E-state index in [2.05, 4.69) is 259 Å². The van der Waals surface area contributed by atoms with E-state index in [1.807, 2.05) is 30.3 Å². The van der Waals surface area contributed by atoms with Crippen LogP contribution in [-0.4, -0.2) is 29.5 Å². The molecule has 0 fully saturated rings. The van der Waals surface area contributed by atoms with Crippen molar-refractivity contribution in [1.82, 2.24) is 29.5 Å². The number of allylic oxidation sites excluding steroid dienone is 4. The molecular formula is C75H54N6. The van der Waals surface area contributed by atoms with Gasteiger partial charge in [-0.2, -0.15) is 0 Å². The Labute approximate surface area is 471 Å². The lowest BCUT2D eigenvalue weighted by Gasteiger charge is -2.14. The van der Waals surface area contributed by atoms with Gasteiger partial charge < -0.3 is 4.57 Å². The number of aromatic nitrogens is 6. The number of nitrogens with zero attached hydrogens (tertiary/aromatic N) is 6. The predicted octanol–water partition coefficient (Wildman–Crippen LogP) is 18.8. The average molecular weight is 1040 g/mol. The average Bonchev–Trinajstić information content (AvgIpc) is 3.65. The standard InChI is InChI=1S/C75H54N6/c1-2-9-24-51(23-8-1)58-41-42-69-66(48-58)72-65(39-22-40-70(72)81(69)50-71-76-67(54-29-14-5-15-30-54)49-68(77-71)55-31-16-6-17-32-55)59-36-21-38-61(44-59)75-79-73(56-33-18-7-19-34-56)78-74(80-75)60-37-20-35-57(43-60)64-46-62(52-25-10-3-11-26-52)45-63(47-64)53-27-12-4-13-28-53/h1-22,25-49,51H,23-24,50H2. The van der Waals surface area contributed by atoms with Gasteiger partial charge >= 0.3 is 0 Å². The molecule has 14 rings (SSSR count). The zero-order chi connectivity index (χ0) is 53.9. The Morgan fingerprint density at radius 3 is 1.31 bits per heavy atom. The Morgan fingerprint density at radius 2 is 0.753 bits per heavy atom. The molecule has 0 aliphatic heterocycles. The van der Waals surface area contributed by atoms with Gasteiger partial charge in [0.2, 0.25) is 0 Å². The van der Waals surface area contributed by atoms with E-state index in [0.29, 0.717) is 29.9 Å². The molecular weight excluding hydrogens is 985 g/mol. The largest absolute Gasteiger partial charge is 0.333 e. The third kappa shape index (κ3) is 10.1. The van der Waals surface area contributed by atoms with E-state index < -0.39 is 0 Å². The first-order chi connectivity index (χ1) is 40.1. The Balaban J connectivity index is 0.899. The van der Waals surface area contributed by atoms with Crippen molar-refractivity contribution in [2.75, 3.05) is 0 Å². The van der Waals surface area contributed by atoms with E-state index >= 15 is 0 Å². The molecule has 0 saturated carbocycles. The van der Waals surface area contributed by atoms with Crippen molar-refractivity contribution in [2.45, 2.75) is 25.3 Å². The minimum absolute atomic E-state index is 0.362. The van der Waals surface area contributed by atoms with Crippen LogP contribution in [0.2, 0.25) is 0 Å². The molecule has 0 amide bonds. The van der Waals surface area contributed by atoms with Crippen LogP contribution in [0.15, 0.2) is 285 Å². The molecule has 0 bridgehead atoms. The minimum Gasteiger partial charge on any atom is -0.333 e. The quantitative estimate of drug-likeness (QED) is 0.122. The van der Waals surface area contributed by atoms with Crippen LogP contribution in [0.3, 0.4) is 0 Å². The predicted molar refractivity (Wildman–Crippen MR) is 333 cm³/mol. The normalized spacial score (nSPS) is 12.5. The summed E-state index contributed by atoms with van der Waals surface area (Å²) in [4.78, 5) is 26.4. The third-order valence-corrected chi connectivity index (χ3v) is 15.5. The molecule has 1 aliphatic rings. The monoisotopic (exact) mass is 1040 g/mol. The highest BCUT2D eigenvalue weighted by molar-refractivity contribution is 6.15. The van der Waals surface area contributed by atoms with Crippen molar-refractivity contribution in [3.63, 3.8) is 0 Å². The molecule has 10 aromatic carbocycles. The van der Waals surface area contributed by atoms with Gasteiger partial charge in [0.1, 0.15) is 5.82 Å². The van der Waals surface area contributed by atoms with Gasteiger partial charge in [0.15, 0.2) is 17.5 Å². The number of hydrogen-bond acceptors (Lipinski definition) is 5. The Morgan fingerprint density at radius 1 is 0.321 bits per heavy atom. The van der Waals surface area contributed by atoms with Gasteiger partial charge in [-0.25, -0.2) is 24.9 Å². The highest BCUT2D eigenvalue weighted by Gasteiger charge is 2.21. The molecule has 1 aliphatic carbocycles. The van der Waals surface area contributed by atoms with E-state index in [9.17, 15) is 0 Å². The van der Waals surface area contributed by atoms with E-state index in [-0.39, 0.29) is 0 Å². The second kappa shape index (κ2) is 21.8. The summed E-state index contributed by atoms with van der Waals surface area (Å²) in [5.74, 6) is 2.91. The zero-order valence-corrected chi connectivity index (χ0v) is 44.5. The van der Waals surface area contributed by atoms with Gasteiger partial charge in [-0.15, -0.1) is 0 Å². The van der Waals surface area contributed by atoms with E-state index in [1.165, 1.54) is 27.5 Å². The molecule has 13 aromatic rings. The van der Waals surface area contributed by atoms with Gasteiger partial charge in [0.05, 0.1) is 23.4 Å². The molecule has 3 aromatic heterocycles. The van der Waals surface area contributed by atoms with E-state index in [0.717, 1.165) is 102 Å². The maximum absolute atomic E-state index is 5.34. The van der Waals surface area contributed by atoms with Crippen LogP contribution in [0.25, 0.3) is 123 Å². The molecule has 0 saturated heterocycles. The van der Waals surface area contributed by atoms with Crippen molar-refractivity contribution in [2.24, 2.45) is 0 Å². The van der Waals surface area contributed by atoms with E-state index in [4.69, 9.17) is 24.9 Å². The van der Waals surface area contributed by atoms with Crippen LogP contribution in [0.1, 0.15) is 30.1 Å². The van der Waals surface area contributed by atoms with Crippen LogP contribution in [-0.2, 0) is 6.54 Å². The van der Waals surface area contributed by atoms with Crippen molar-refractivity contribution >= 4 is 21.8 Å². The highest BCUT2D eigenvalue weighted by Crippen LogP contribution is 2.41. The maximum atomic E-state index is 5.34. The topological polar surface area (TPSA) is 69.4 Å². The minimum atomic E-state index is 0.362. The number of rotatable bonds is 12. The second-order valence-corrected chi connectivity index (χ2v) is 20.7. The SMILES string of the molecule is C1=CCC(c2ccc3c(c2)c2c(-c4cccc(-c5nc(-c6ccccc6)nc(-c6cccc(-c7cc(-c8ccccc8)cc(-c8ccccc8)c7)c6)n5)c4)cccc2n3Cc2nc(-c3ccccc3)cc(-c3ccccc3)n2)CC=C1. The Kier molecular flexibility index (Phi) is 13.1. The summed E-state index contributed by atoms with van der Waals surface area (Å²) in [7, 11) is 0. The first-order valence-corrected chi connectivity index (χ1v) is 27.8. The lowest BCUT2D eigenvalue weighted by atomic mass is 9.91. The Bertz CT molecular complexity index is 4340. The zero-order valence-electron chi connectivity index (χ0n) is 44.5. The van der Waals surface area contributed by atoms with Gasteiger partial charge in [-0.05, 0) is 123 Å². The molecule has 0 atom stereocenters. The molecule has 3 heterocycles. The van der Waals surface area contributed by atoms with Crippen molar-refractivity contribution in [1.29, 1.82) is 0 Å². The van der Waals surface area contributed by atoms with Crippen LogP contribution in [0.5, 0.6) is 0 Å². The molecule has 6 heteroatoms. The molecule has 0 spiro atoms. The lowest BCUT2D eigenvalue weighted by molar-refractivity contribution is 0.717.